The van der Waals surface area contributed by atoms with E-state index in [1.54, 1.807) is 12.3 Å². The normalized spacial score (nSPS) is 15.8. The van der Waals surface area contributed by atoms with Gasteiger partial charge in [-0.1, -0.05) is 13.0 Å². The monoisotopic (exact) mass is 363 g/mol. The highest BCUT2D eigenvalue weighted by atomic mass is 19.4. The highest BCUT2D eigenvalue weighted by molar-refractivity contribution is 6.04. The lowest BCUT2D eigenvalue weighted by Crippen LogP contribution is -2.33. The number of piperidine rings is 1. The highest BCUT2D eigenvalue weighted by Gasteiger charge is 2.30. The number of carbonyl (C=O) groups is 1. The van der Waals surface area contributed by atoms with E-state index in [0.29, 0.717) is 11.5 Å². The van der Waals surface area contributed by atoms with Gasteiger partial charge in [-0.3, -0.25) is 9.78 Å². The Bertz CT molecular complexity index is 784. The van der Waals surface area contributed by atoms with Gasteiger partial charge < -0.3 is 10.2 Å². The van der Waals surface area contributed by atoms with E-state index in [2.05, 4.69) is 22.1 Å². The lowest BCUT2D eigenvalue weighted by molar-refractivity contribution is -0.137. The molecular weight excluding hydrogens is 343 g/mol. The Morgan fingerprint density at radius 2 is 1.92 bits per heavy atom. The molecule has 1 aliphatic rings. The molecule has 2 heterocycles. The standard InChI is InChI=1S/C19H20F3N3O/c1-13-5-7-25(8-6-13)17-9-14(11-23-12-17)18(26)24-16-4-2-3-15(10-16)19(20,21)22/h2-4,9-13H,5-8H2,1H3,(H,24,26). The Labute approximate surface area is 150 Å². The van der Waals surface area contributed by atoms with Crippen LogP contribution in [0.15, 0.2) is 42.7 Å². The molecule has 0 aliphatic carbocycles. The molecule has 1 aliphatic heterocycles. The number of anilines is 2. The van der Waals surface area contributed by atoms with Crippen LogP contribution in [0.3, 0.4) is 0 Å². The van der Waals surface area contributed by atoms with Crippen LogP contribution in [-0.2, 0) is 6.18 Å². The van der Waals surface area contributed by atoms with Crippen molar-refractivity contribution >= 4 is 17.3 Å². The number of amides is 1. The molecule has 4 nitrogen and oxygen atoms in total. The van der Waals surface area contributed by atoms with Crippen LogP contribution in [0.5, 0.6) is 0 Å². The van der Waals surface area contributed by atoms with Crippen molar-refractivity contribution in [2.75, 3.05) is 23.3 Å². The average Bonchev–Trinajstić information content (AvgIpc) is 2.62. The quantitative estimate of drug-likeness (QED) is 0.868. The number of pyridine rings is 1. The summed E-state index contributed by atoms with van der Waals surface area (Å²) in [5, 5.41) is 2.51. The predicted octanol–water partition coefficient (Wildman–Crippen LogP) is 4.59. The van der Waals surface area contributed by atoms with Crippen LogP contribution in [0.25, 0.3) is 0 Å². The molecular formula is C19H20F3N3O. The van der Waals surface area contributed by atoms with Gasteiger partial charge in [0.15, 0.2) is 0 Å². The predicted molar refractivity (Wildman–Crippen MR) is 94.2 cm³/mol. The van der Waals surface area contributed by atoms with Gasteiger partial charge in [0.1, 0.15) is 0 Å². The molecule has 1 amide bonds. The molecule has 1 aromatic carbocycles. The van der Waals surface area contributed by atoms with Gasteiger partial charge in [0, 0.05) is 25.0 Å². The molecule has 0 bridgehead atoms. The van der Waals surface area contributed by atoms with Crippen LogP contribution in [0.1, 0.15) is 35.7 Å². The van der Waals surface area contributed by atoms with E-state index in [1.165, 1.54) is 18.3 Å². The van der Waals surface area contributed by atoms with Gasteiger partial charge in [-0.2, -0.15) is 13.2 Å². The molecule has 26 heavy (non-hydrogen) atoms. The van der Waals surface area contributed by atoms with Crippen molar-refractivity contribution in [2.24, 2.45) is 5.92 Å². The fraction of sp³-hybridized carbons (Fsp3) is 0.368. The van der Waals surface area contributed by atoms with Crippen molar-refractivity contribution in [3.63, 3.8) is 0 Å². The van der Waals surface area contributed by atoms with E-state index < -0.39 is 17.6 Å². The Morgan fingerprint density at radius 3 is 2.62 bits per heavy atom. The van der Waals surface area contributed by atoms with E-state index in [9.17, 15) is 18.0 Å². The first-order valence-electron chi connectivity index (χ1n) is 8.51. The minimum Gasteiger partial charge on any atom is -0.370 e. The van der Waals surface area contributed by atoms with Crippen LogP contribution in [0.4, 0.5) is 24.5 Å². The Balaban J connectivity index is 1.73. The molecule has 0 atom stereocenters. The number of halogens is 3. The lowest BCUT2D eigenvalue weighted by Gasteiger charge is -2.32. The fourth-order valence-electron chi connectivity index (χ4n) is 2.97. The third-order valence-corrected chi connectivity index (χ3v) is 4.58. The number of aromatic nitrogens is 1. The molecule has 1 fully saturated rings. The van der Waals surface area contributed by atoms with E-state index in [-0.39, 0.29) is 5.69 Å². The largest absolute Gasteiger partial charge is 0.416 e. The first-order valence-corrected chi connectivity index (χ1v) is 8.51. The molecule has 3 rings (SSSR count). The summed E-state index contributed by atoms with van der Waals surface area (Å²) >= 11 is 0. The zero-order valence-corrected chi connectivity index (χ0v) is 14.4. The first kappa shape index (κ1) is 18.2. The molecule has 1 saturated heterocycles. The summed E-state index contributed by atoms with van der Waals surface area (Å²) < 4.78 is 38.4. The van der Waals surface area contributed by atoms with Crippen molar-refractivity contribution < 1.29 is 18.0 Å². The molecule has 7 heteroatoms. The van der Waals surface area contributed by atoms with Crippen LogP contribution in [0, 0.1) is 5.92 Å². The Kier molecular flexibility index (Phi) is 5.15. The third-order valence-electron chi connectivity index (χ3n) is 4.58. The summed E-state index contributed by atoms with van der Waals surface area (Å²) in [5.41, 5.74) is 0.471. The SMILES string of the molecule is CC1CCN(c2cncc(C(=O)Nc3cccc(C(F)(F)F)c3)c2)CC1. The number of rotatable bonds is 3. The first-order chi connectivity index (χ1) is 12.3. The van der Waals surface area contributed by atoms with E-state index in [0.717, 1.165) is 43.8 Å². The highest BCUT2D eigenvalue weighted by Crippen LogP contribution is 2.31. The zero-order valence-electron chi connectivity index (χ0n) is 14.4. The maximum atomic E-state index is 12.8. The second-order valence-electron chi connectivity index (χ2n) is 6.63. The van der Waals surface area contributed by atoms with E-state index in [4.69, 9.17) is 0 Å². The molecule has 0 saturated carbocycles. The van der Waals surface area contributed by atoms with Gasteiger partial charge in [-0.15, -0.1) is 0 Å². The van der Waals surface area contributed by atoms with Gasteiger partial charge in [0.05, 0.1) is 23.0 Å². The van der Waals surface area contributed by atoms with Crippen LogP contribution >= 0.6 is 0 Å². The maximum absolute atomic E-state index is 12.8. The number of hydrogen-bond donors (Lipinski definition) is 1. The fourth-order valence-corrected chi connectivity index (χ4v) is 2.97. The number of hydrogen-bond acceptors (Lipinski definition) is 3. The van der Waals surface area contributed by atoms with Gasteiger partial charge in [0.2, 0.25) is 0 Å². The molecule has 0 spiro atoms. The molecule has 0 radical (unpaired) electrons. The lowest BCUT2D eigenvalue weighted by atomic mass is 9.99. The van der Waals surface area contributed by atoms with Crippen LogP contribution in [-0.4, -0.2) is 24.0 Å². The van der Waals surface area contributed by atoms with Gasteiger partial charge in [0.25, 0.3) is 5.91 Å². The molecule has 138 valence electrons. The Hall–Kier alpha value is -2.57. The summed E-state index contributed by atoms with van der Waals surface area (Å²) in [6.45, 7) is 4.03. The third kappa shape index (κ3) is 4.33. The van der Waals surface area contributed by atoms with Gasteiger partial charge >= 0.3 is 6.18 Å². The second kappa shape index (κ2) is 7.35. The average molecular weight is 363 g/mol. The molecule has 2 aromatic rings. The van der Waals surface area contributed by atoms with Gasteiger partial charge in [-0.25, -0.2) is 0 Å². The maximum Gasteiger partial charge on any atom is 0.416 e. The van der Waals surface area contributed by atoms with E-state index >= 15 is 0 Å². The van der Waals surface area contributed by atoms with Crippen molar-refractivity contribution in [3.05, 3.63) is 53.9 Å². The number of carbonyl (C=O) groups excluding carboxylic acids is 1. The van der Waals surface area contributed by atoms with Crippen molar-refractivity contribution in [3.8, 4) is 0 Å². The minimum atomic E-state index is -4.45. The van der Waals surface area contributed by atoms with Gasteiger partial charge in [-0.05, 0) is 43.0 Å². The molecule has 1 aromatic heterocycles. The topological polar surface area (TPSA) is 45.2 Å². The minimum absolute atomic E-state index is 0.0991. The van der Waals surface area contributed by atoms with Crippen molar-refractivity contribution in [2.45, 2.75) is 25.9 Å². The van der Waals surface area contributed by atoms with E-state index in [1.807, 2.05) is 0 Å². The summed E-state index contributed by atoms with van der Waals surface area (Å²) in [7, 11) is 0. The zero-order chi connectivity index (χ0) is 18.7. The Morgan fingerprint density at radius 1 is 1.19 bits per heavy atom. The molecule has 1 N–H and O–H groups in total. The smallest absolute Gasteiger partial charge is 0.370 e. The van der Waals surface area contributed by atoms with Crippen LogP contribution < -0.4 is 10.2 Å². The number of alkyl halides is 3. The number of benzene rings is 1. The van der Waals surface area contributed by atoms with Crippen LogP contribution in [0.2, 0.25) is 0 Å². The van der Waals surface area contributed by atoms with Crippen molar-refractivity contribution in [1.82, 2.24) is 4.98 Å². The number of nitrogens with one attached hydrogen (secondary N) is 1. The van der Waals surface area contributed by atoms with Crippen molar-refractivity contribution in [1.29, 1.82) is 0 Å². The second-order valence-corrected chi connectivity index (χ2v) is 6.63. The molecule has 0 unspecified atom stereocenters. The summed E-state index contributed by atoms with van der Waals surface area (Å²) in [6.07, 6.45) is 0.838. The summed E-state index contributed by atoms with van der Waals surface area (Å²) in [4.78, 5) is 18.7. The summed E-state index contributed by atoms with van der Waals surface area (Å²) in [5.74, 6) is 0.204. The summed E-state index contributed by atoms with van der Waals surface area (Å²) in [6, 6.07) is 6.31. The number of nitrogens with zero attached hydrogens (tertiary/aromatic N) is 2.